The second-order valence-corrected chi connectivity index (χ2v) is 8.66. The minimum Gasteiger partial charge on any atom is -0.386 e. The third kappa shape index (κ3) is 3.56. The van der Waals surface area contributed by atoms with E-state index in [-0.39, 0.29) is 11.9 Å². The molecule has 1 aromatic heterocycles. The topological polar surface area (TPSA) is 28.4 Å². The van der Waals surface area contributed by atoms with Crippen molar-refractivity contribution in [3.63, 3.8) is 0 Å². The summed E-state index contributed by atoms with van der Waals surface area (Å²) < 4.78 is 16.1. The Morgan fingerprint density at radius 2 is 1.68 bits per heavy atom. The number of aryl methyl sites for hydroxylation is 1. The van der Waals surface area contributed by atoms with Crippen LogP contribution in [0, 0.1) is 12.7 Å². The maximum Gasteiger partial charge on any atom is 0.123 e. The molecule has 5 rings (SSSR count). The second-order valence-electron chi connectivity index (χ2n) is 8.66. The van der Waals surface area contributed by atoms with Crippen LogP contribution in [-0.4, -0.2) is 28.2 Å². The quantitative estimate of drug-likeness (QED) is 0.484. The van der Waals surface area contributed by atoms with E-state index >= 15 is 0 Å². The predicted molar refractivity (Wildman–Crippen MR) is 123 cm³/mol. The molecule has 0 saturated carbocycles. The number of rotatable bonds is 4. The number of likely N-dealkylation sites (N-methyl/N-ethyl adjacent to an activating group) is 1. The minimum absolute atomic E-state index is 0.270. The van der Waals surface area contributed by atoms with Crippen molar-refractivity contribution < 1.29 is 9.50 Å². The van der Waals surface area contributed by atoms with E-state index in [1.165, 1.54) is 34.3 Å². The molecule has 0 spiro atoms. The molecule has 0 bridgehead atoms. The van der Waals surface area contributed by atoms with Gasteiger partial charge in [0.05, 0.1) is 6.04 Å². The van der Waals surface area contributed by atoms with Crippen molar-refractivity contribution in [2.45, 2.75) is 32.0 Å². The van der Waals surface area contributed by atoms with Gasteiger partial charge in [0.2, 0.25) is 0 Å². The highest BCUT2D eigenvalue weighted by Crippen LogP contribution is 2.40. The van der Waals surface area contributed by atoms with E-state index in [1.807, 2.05) is 30.3 Å². The molecule has 2 unspecified atom stereocenters. The summed E-state index contributed by atoms with van der Waals surface area (Å²) in [7, 11) is 2.15. The lowest BCUT2D eigenvalue weighted by molar-refractivity contribution is 0.131. The number of hydrogen-bond donors (Lipinski definition) is 1. The normalized spacial score (nSPS) is 16.3. The van der Waals surface area contributed by atoms with Gasteiger partial charge in [-0.25, -0.2) is 4.39 Å². The van der Waals surface area contributed by atoms with Gasteiger partial charge in [-0.05, 0) is 54.9 Å². The van der Waals surface area contributed by atoms with Crippen LogP contribution in [-0.2, 0) is 13.0 Å². The van der Waals surface area contributed by atoms with Crippen molar-refractivity contribution in [1.82, 2.24) is 9.47 Å². The second kappa shape index (κ2) is 7.95. The fourth-order valence-corrected chi connectivity index (χ4v) is 4.92. The molecule has 3 nitrogen and oxygen atoms in total. The van der Waals surface area contributed by atoms with Crippen LogP contribution in [0.4, 0.5) is 4.39 Å². The fourth-order valence-electron chi connectivity index (χ4n) is 4.92. The van der Waals surface area contributed by atoms with Gasteiger partial charge in [-0.3, -0.25) is 0 Å². The van der Waals surface area contributed by atoms with Crippen LogP contribution in [0.3, 0.4) is 0 Å². The van der Waals surface area contributed by atoms with Gasteiger partial charge in [0.15, 0.2) is 0 Å². The van der Waals surface area contributed by atoms with Gasteiger partial charge in [-0.2, -0.15) is 0 Å². The summed E-state index contributed by atoms with van der Waals surface area (Å²) in [5.41, 5.74) is 6.70. The standard InChI is InChI=1S/C27H27FN2O/c1-18-8-13-24-22(16-18)23-17-29(2)15-14-25(23)30(24)26(19-9-11-21(28)12-10-19)27(31)20-6-4-3-5-7-20/h3-13,16,26-27,31H,14-15,17H2,1-2H3. The molecule has 2 heterocycles. The van der Waals surface area contributed by atoms with Gasteiger partial charge < -0.3 is 14.6 Å². The van der Waals surface area contributed by atoms with Gasteiger partial charge in [-0.1, -0.05) is 54.1 Å². The third-order valence-electron chi connectivity index (χ3n) is 6.46. The summed E-state index contributed by atoms with van der Waals surface area (Å²) in [6, 6.07) is 22.5. The van der Waals surface area contributed by atoms with Gasteiger partial charge in [0, 0.05) is 36.1 Å². The zero-order valence-corrected chi connectivity index (χ0v) is 17.9. The monoisotopic (exact) mass is 414 g/mol. The summed E-state index contributed by atoms with van der Waals surface area (Å²) in [5.74, 6) is -0.270. The Morgan fingerprint density at radius 1 is 0.935 bits per heavy atom. The van der Waals surface area contributed by atoms with Crippen molar-refractivity contribution in [2.75, 3.05) is 13.6 Å². The number of aromatic nitrogens is 1. The molecule has 4 heteroatoms. The molecule has 0 saturated heterocycles. The number of aliphatic hydroxyl groups is 1. The molecule has 158 valence electrons. The van der Waals surface area contributed by atoms with Crippen LogP contribution in [0.1, 0.15) is 40.1 Å². The Balaban J connectivity index is 1.78. The zero-order chi connectivity index (χ0) is 21.5. The van der Waals surface area contributed by atoms with E-state index in [2.05, 4.69) is 41.6 Å². The highest BCUT2D eigenvalue weighted by Gasteiger charge is 2.31. The first-order valence-corrected chi connectivity index (χ1v) is 10.8. The molecule has 3 aromatic carbocycles. The zero-order valence-electron chi connectivity index (χ0n) is 17.9. The van der Waals surface area contributed by atoms with Gasteiger partial charge in [-0.15, -0.1) is 0 Å². The van der Waals surface area contributed by atoms with Gasteiger partial charge >= 0.3 is 0 Å². The Kier molecular flexibility index (Phi) is 5.12. The first-order valence-electron chi connectivity index (χ1n) is 10.8. The molecule has 0 aliphatic carbocycles. The summed E-state index contributed by atoms with van der Waals surface area (Å²) in [6.45, 7) is 3.98. The van der Waals surface area contributed by atoms with Crippen molar-refractivity contribution in [3.8, 4) is 0 Å². The molecule has 1 aliphatic heterocycles. The Labute approximate surface area is 182 Å². The lowest BCUT2D eigenvalue weighted by Gasteiger charge is -2.31. The van der Waals surface area contributed by atoms with Crippen molar-refractivity contribution >= 4 is 10.9 Å². The van der Waals surface area contributed by atoms with Crippen molar-refractivity contribution in [3.05, 3.63) is 107 Å². The summed E-state index contributed by atoms with van der Waals surface area (Å²) in [4.78, 5) is 2.34. The highest BCUT2D eigenvalue weighted by atomic mass is 19.1. The first-order chi connectivity index (χ1) is 15.0. The number of benzene rings is 3. The van der Waals surface area contributed by atoms with Crippen LogP contribution in [0.15, 0.2) is 72.8 Å². The lowest BCUT2D eigenvalue weighted by atomic mass is 9.94. The Morgan fingerprint density at radius 3 is 2.42 bits per heavy atom. The number of aliphatic hydroxyl groups excluding tert-OH is 1. The number of nitrogens with zero attached hydrogens (tertiary/aromatic N) is 2. The Bertz CT molecular complexity index is 1210. The molecular formula is C27H27FN2O. The fraction of sp³-hybridized carbons (Fsp3) is 0.259. The van der Waals surface area contributed by atoms with E-state index in [9.17, 15) is 9.50 Å². The summed E-state index contributed by atoms with van der Waals surface area (Å²) in [5, 5.41) is 12.9. The molecule has 0 radical (unpaired) electrons. The molecular weight excluding hydrogens is 387 g/mol. The third-order valence-corrected chi connectivity index (χ3v) is 6.46. The average Bonchev–Trinajstić information content (AvgIpc) is 3.08. The highest BCUT2D eigenvalue weighted by molar-refractivity contribution is 5.87. The van der Waals surface area contributed by atoms with E-state index < -0.39 is 6.10 Å². The summed E-state index contributed by atoms with van der Waals surface area (Å²) >= 11 is 0. The largest absolute Gasteiger partial charge is 0.386 e. The SMILES string of the molecule is Cc1ccc2c(c1)c1c(n2C(c2ccc(F)cc2)C(O)c2ccccc2)CCN(C)C1. The molecule has 0 amide bonds. The van der Waals surface area contributed by atoms with Crippen LogP contribution in [0.2, 0.25) is 0 Å². The van der Waals surface area contributed by atoms with E-state index in [4.69, 9.17) is 0 Å². The smallest absolute Gasteiger partial charge is 0.123 e. The number of fused-ring (bicyclic) bond motifs is 3. The first kappa shape index (κ1) is 20.0. The average molecular weight is 415 g/mol. The Hall–Kier alpha value is -2.95. The molecule has 4 aromatic rings. The molecule has 1 N–H and O–H groups in total. The molecule has 2 atom stereocenters. The minimum atomic E-state index is -0.757. The van der Waals surface area contributed by atoms with E-state index in [0.717, 1.165) is 36.2 Å². The van der Waals surface area contributed by atoms with Crippen LogP contribution < -0.4 is 0 Å². The van der Waals surface area contributed by atoms with Crippen molar-refractivity contribution in [1.29, 1.82) is 0 Å². The molecule has 31 heavy (non-hydrogen) atoms. The van der Waals surface area contributed by atoms with Crippen LogP contribution in [0.25, 0.3) is 10.9 Å². The summed E-state index contributed by atoms with van der Waals surface area (Å²) in [6.07, 6.45) is 0.158. The van der Waals surface area contributed by atoms with E-state index in [1.54, 1.807) is 12.1 Å². The van der Waals surface area contributed by atoms with Crippen molar-refractivity contribution in [2.24, 2.45) is 0 Å². The molecule has 0 fully saturated rings. The number of hydrogen-bond acceptors (Lipinski definition) is 2. The maximum absolute atomic E-state index is 13.8. The number of halogens is 1. The van der Waals surface area contributed by atoms with E-state index in [0.29, 0.717) is 0 Å². The van der Waals surface area contributed by atoms with Gasteiger partial charge in [0.1, 0.15) is 11.9 Å². The van der Waals surface area contributed by atoms with Crippen LogP contribution in [0.5, 0.6) is 0 Å². The van der Waals surface area contributed by atoms with Gasteiger partial charge in [0.25, 0.3) is 0 Å². The molecule has 1 aliphatic rings. The predicted octanol–water partition coefficient (Wildman–Crippen LogP) is 5.40. The van der Waals surface area contributed by atoms with Crippen LogP contribution >= 0.6 is 0 Å². The maximum atomic E-state index is 13.8. The lowest BCUT2D eigenvalue weighted by Crippen LogP contribution is -2.29.